The molecule has 20 heavy (non-hydrogen) atoms. The molecule has 1 amide bonds. The lowest BCUT2D eigenvalue weighted by Gasteiger charge is -2.30. The molecule has 6 heteroatoms. The molecule has 2 unspecified atom stereocenters. The van der Waals surface area contributed by atoms with Crippen LogP contribution in [0.25, 0.3) is 0 Å². The molecule has 108 valence electrons. The maximum atomic E-state index is 11.1. The van der Waals surface area contributed by atoms with Crippen LogP contribution in [0.15, 0.2) is 12.3 Å². The van der Waals surface area contributed by atoms with Gasteiger partial charge in [0.2, 0.25) is 5.91 Å². The minimum atomic E-state index is -0.522. The van der Waals surface area contributed by atoms with Crippen LogP contribution in [0, 0.1) is 5.92 Å². The van der Waals surface area contributed by atoms with Gasteiger partial charge in [-0.25, -0.2) is 4.98 Å². The molecule has 0 aromatic carbocycles. The van der Waals surface area contributed by atoms with E-state index >= 15 is 0 Å². The number of amides is 1. The lowest BCUT2D eigenvalue weighted by Crippen LogP contribution is -2.35. The Bertz CT molecular complexity index is 519. The fourth-order valence-corrected chi connectivity index (χ4v) is 2.85. The summed E-state index contributed by atoms with van der Waals surface area (Å²) in [5.41, 5.74) is 5.52. The molecule has 2 aliphatic rings. The second-order valence-electron chi connectivity index (χ2n) is 5.53. The average molecular weight is 296 g/mol. The number of nitrogens with one attached hydrogen (secondary N) is 1. The first-order valence-corrected chi connectivity index (χ1v) is 7.35. The lowest BCUT2D eigenvalue weighted by atomic mass is 10.00. The zero-order chi connectivity index (χ0) is 14.1. The molecule has 1 aliphatic heterocycles. The summed E-state index contributed by atoms with van der Waals surface area (Å²) in [5.74, 6) is 0.823. The minimum Gasteiger partial charge on any atom is -0.378 e. The molecule has 0 radical (unpaired) electrons. The highest BCUT2D eigenvalue weighted by atomic mass is 35.5. The molecular weight excluding hydrogens is 278 g/mol. The highest BCUT2D eigenvalue weighted by molar-refractivity contribution is 6.33. The third-order valence-corrected chi connectivity index (χ3v) is 4.22. The number of carbonyl (C=O) groups excluding carboxylic acids is 1. The van der Waals surface area contributed by atoms with Gasteiger partial charge >= 0.3 is 0 Å². The van der Waals surface area contributed by atoms with Crippen LogP contribution in [0.4, 0.5) is 5.82 Å². The van der Waals surface area contributed by atoms with Crippen molar-refractivity contribution in [1.82, 2.24) is 4.98 Å². The number of aromatic nitrogens is 1. The van der Waals surface area contributed by atoms with E-state index < -0.39 is 5.91 Å². The molecule has 0 bridgehead atoms. The molecule has 1 aromatic rings. The second-order valence-corrected chi connectivity index (χ2v) is 5.94. The SMILES string of the molecule is NC(=O)c1cnc(NC2CCOC(C3CC3)C2)c(Cl)c1. The Morgan fingerprint density at radius 2 is 2.25 bits per heavy atom. The Hall–Kier alpha value is -1.33. The summed E-state index contributed by atoms with van der Waals surface area (Å²) in [5, 5.41) is 3.78. The van der Waals surface area contributed by atoms with Crippen LogP contribution in [0.5, 0.6) is 0 Å². The molecule has 0 spiro atoms. The molecule has 1 saturated heterocycles. The van der Waals surface area contributed by atoms with Crippen LogP contribution in [0.2, 0.25) is 5.02 Å². The van der Waals surface area contributed by atoms with Crippen molar-refractivity contribution in [2.45, 2.75) is 37.8 Å². The maximum absolute atomic E-state index is 11.1. The Labute approximate surface area is 122 Å². The first-order valence-electron chi connectivity index (χ1n) is 6.97. The van der Waals surface area contributed by atoms with Gasteiger partial charge in [-0.2, -0.15) is 0 Å². The first kappa shape index (κ1) is 13.6. The maximum Gasteiger partial charge on any atom is 0.250 e. The van der Waals surface area contributed by atoms with Crippen LogP contribution < -0.4 is 11.1 Å². The van der Waals surface area contributed by atoms with E-state index in [1.165, 1.54) is 19.0 Å². The molecule has 2 heterocycles. The Kier molecular flexibility index (Phi) is 3.81. The monoisotopic (exact) mass is 295 g/mol. The van der Waals surface area contributed by atoms with E-state index in [9.17, 15) is 4.79 Å². The van der Waals surface area contributed by atoms with Crippen LogP contribution in [-0.2, 0) is 4.74 Å². The molecule has 5 nitrogen and oxygen atoms in total. The van der Waals surface area contributed by atoms with Gasteiger partial charge in [0.15, 0.2) is 0 Å². The van der Waals surface area contributed by atoms with Crippen molar-refractivity contribution >= 4 is 23.3 Å². The predicted molar refractivity (Wildman–Crippen MR) is 76.9 cm³/mol. The van der Waals surface area contributed by atoms with Crippen molar-refractivity contribution in [1.29, 1.82) is 0 Å². The zero-order valence-electron chi connectivity index (χ0n) is 11.1. The second kappa shape index (κ2) is 5.58. The number of primary amides is 1. The molecule has 2 atom stereocenters. The van der Waals surface area contributed by atoms with Crippen LogP contribution in [0.3, 0.4) is 0 Å². The number of anilines is 1. The van der Waals surface area contributed by atoms with Gasteiger partial charge < -0.3 is 15.8 Å². The minimum absolute atomic E-state index is 0.318. The van der Waals surface area contributed by atoms with E-state index in [2.05, 4.69) is 10.3 Å². The van der Waals surface area contributed by atoms with Gasteiger partial charge in [0, 0.05) is 18.8 Å². The van der Waals surface area contributed by atoms with Crippen LogP contribution >= 0.6 is 11.6 Å². The van der Waals surface area contributed by atoms with E-state index in [4.69, 9.17) is 22.1 Å². The summed E-state index contributed by atoms with van der Waals surface area (Å²) in [7, 11) is 0. The Morgan fingerprint density at radius 1 is 1.45 bits per heavy atom. The topological polar surface area (TPSA) is 77.2 Å². The number of nitrogens with zero attached hydrogens (tertiary/aromatic N) is 1. The fourth-order valence-electron chi connectivity index (χ4n) is 2.63. The largest absolute Gasteiger partial charge is 0.378 e. The quantitative estimate of drug-likeness (QED) is 0.893. The smallest absolute Gasteiger partial charge is 0.250 e. The molecule has 3 rings (SSSR count). The van der Waals surface area contributed by atoms with E-state index in [1.54, 1.807) is 6.07 Å². The average Bonchev–Trinajstić information content (AvgIpc) is 3.25. The number of rotatable bonds is 4. The normalized spacial score (nSPS) is 26.2. The van der Waals surface area contributed by atoms with E-state index in [0.29, 0.717) is 28.5 Å². The lowest BCUT2D eigenvalue weighted by molar-refractivity contribution is -0.00223. The summed E-state index contributed by atoms with van der Waals surface area (Å²) >= 11 is 6.14. The van der Waals surface area contributed by atoms with Gasteiger partial charge in [0.05, 0.1) is 16.7 Å². The number of carbonyl (C=O) groups is 1. The van der Waals surface area contributed by atoms with Gasteiger partial charge in [-0.3, -0.25) is 4.79 Å². The molecule has 1 saturated carbocycles. The number of pyridine rings is 1. The molecule has 1 aliphatic carbocycles. The zero-order valence-corrected chi connectivity index (χ0v) is 11.9. The Balaban J connectivity index is 1.66. The van der Waals surface area contributed by atoms with Crippen molar-refractivity contribution < 1.29 is 9.53 Å². The van der Waals surface area contributed by atoms with E-state index in [1.807, 2.05) is 0 Å². The number of hydrogen-bond donors (Lipinski definition) is 2. The molecule has 1 aromatic heterocycles. The van der Waals surface area contributed by atoms with Gasteiger partial charge in [0.1, 0.15) is 5.82 Å². The van der Waals surface area contributed by atoms with E-state index in [0.717, 1.165) is 25.4 Å². The van der Waals surface area contributed by atoms with Gasteiger partial charge in [-0.15, -0.1) is 0 Å². The number of hydrogen-bond acceptors (Lipinski definition) is 4. The Morgan fingerprint density at radius 3 is 2.90 bits per heavy atom. The molecule has 3 N–H and O–H groups in total. The molecular formula is C14H18ClN3O2. The summed E-state index contributed by atoms with van der Waals surface area (Å²) < 4.78 is 5.80. The third kappa shape index (κ3) is 3.04. The standard InChI is InChI=1S/C14H18ClN3O2/c15-11-5-9(13(16)19)7-17-14(11)18-10-3-4-20-12(6-10)8-1-2-8/h5,7-8,10,12H,1-4,6H2,(H2,16,19)(H,17,18). The highest BCUT2D eigenvalue weighted by Gasteiger charge is 2.36. The van der Waals surface area contributed by atoms with Gasteiger partial charge in [-0.05, 0) is 37.7 Å². The third-order valence-electron chi connectivity index (χ3n) is 3.93. The predicted octanol–water partition coefficient (Wildman–Crippen LogP) is 2.20. The summed E-state index contributed by atoms with van der Waals surface area (Å²) in [6.45, 7) is 0.774. The van der Waals surface area contributed by atoms with Crippen molar-refractivity contribution in [3.05, 3.63) is 22.8 Å². The van der Waals surface area contributed by atoms with Gasteiger partial charge in [0.25, 0.3) is 0 Å². The van der Waals surface area contributed by atoms with Gasteiger partial charge in [-0.1, -0.05) is 11.6 Å². The van der Waals surface area contributed by atoms with Crippen molar-refractivity contribution in [3.63, 3.8) is 0 Å². The fraction of sp³-hybridized carbons (Fsp3) is 0.571. The number of halogens is 1. The van der Waals surface area contributed by atoms with Crippen molar-refractivity contribution in [2.24, 2.45) is 11.7 Å². The van der Waals surface area contributed by atoms with Crippen molar-refractivity contribution in [2.75, 3.05) is 11.9 Å². The van der Waals surface area contributed by atoms with Crippen LogP contribution in [-0.4, -0.2) is 29.6 Å². The van der Waals surface area contributed by atoms with E-state index in [-0.39, 0.29) is 0 Å². The molecule has 2 fully saturated rings. The first-order chi connectivity index (χ1) is 9.63. The summed E-state index contributed by atoms with van der Waals surface area (Å²) in [4.78, 5) is 15.3. The summed E-state index contributed by atoms with van der Waals surface area (Å²) in [6.07, 6.45) is 6.31. The number of ether oxygens (including phenoxy) is 1. The van der Waals surface area contributed by atoms with Crippen LogP contribution in [0.1, 0.15) is 36.0 Å². The van der Waals surface area contributed by atoms with Crippen molar-refractivity contribution in [3.8, 4) is 0 Å². The highest BCUT2D eigenvalue weighted by Crippen LogP contribution is 2.38. The summed E-state index contributed by atoms with van der Waals surface area (Å²) in [6, 6.07) is 1.87. The number of nitrogens with two attached hydrogens (primary N) is 1.